The van der Waals surface area contributed by atoms with Crippen molar-refractivity contribution in [1.29, 1.82) is 0 Å². The SMILES string of the molecule is O=C(CCCCCN1C(=O)C=CC1O)NCC(=O)NCC(=O)N[C@@H](Cc1ccccc1)C(=O)O. The van der Waals surface area contributed by atoms with Crippen molar-refractivity contribution in [2.24, 2.45) is 0 Å². The molecule has 4 amide bonds. The number of hydrogen-bond donors (Lipinski definition) is 5. The topological polar surface area (TPSA) is 165 Å². The standard InChI is InChI=1S/C23H30N4O7/c28-18(9-5-2-6-12-27-21(31)10-11-22(27)32)24-14-19(29)25-15-20(30)26-17(23(33)34)13-16-7-3-1-4-8-16/h1,3-4,7-8,10-11,17,21,31H,2,5-6,9,12-15H2,(H,24,28)(H,25,29)(H,26,30)(H,33,34)/t17-,21?/m0/s1. The van der Waals surface area contributed by atoms with E-state index < -0.39 is 36.6 Å². The largest absolute Gasteiger partial charge is 0.480 e. The van der Waals surface area contributed by atoms with Crippen molar-refractivity contribution in [1.82, 2.24) is 20.9 Å². The summed E-state index contributed by atoms with van der Waals surface area (Å²) in [7, 11) is 0. The number of aliphatic hydroxyl groups is 1. The number of carboxylic acid groups (broad SMARTS) is 1. The highest BCUT2D eigenvalue weighted by Gasteiger charge is 2.23. The third-order valence-electron chi connectivity index (χ3n) is 5.12. The monoisotopic (exact) mass is 474 g/mol. The van der Waals surface area contributed by atoms with Gasteiger partial charge in [0, 0.05) is 25.5 Å². The number of benzene rings is 1. The molecule has 1 heterocycles. The maximum atomic E-state index is 12.0. The fourth-order valence-corrected chi connectivity index (χ4v) is 3.29. The number of aliphatic hydroxyl groups excluding tert-OH is 1. The van der Waals surface area contributed by atoms with Crippen molar-refractivity contribution in [2.45, 2.75) is 44.4 Å². The molecule has 0 aliphatic carbocycles. The fraction of sp³-hybridized carbons (Fsp3) is 0.435. The molecular weight excluding hydrogens is 444 g/mol. The molecule has 1 aliphatic rings. The van der Waals surface area contributed by atoms with E-state index in [9.17, 15) is 34.2 Å². The van der Waals surface area contributed by atoms with Crippen LogP contribution in [0.5, 0.6) is 0 Å². The van der Waals surface area contributed by atoms with Crippen LogP contribution in [0, 0.1) is 0 Å². The van der Waals surface area contributed by atoms with E-state index in [0.29, 0.717) is 25.8 Å². The second-order valence-corrected chi connectivity index (χ2v) is 7.82. The number of nitrogens with one attached hydrogen (secondary N) is 3. The van der Waals surface area contributed by atoms with Crippen LogP contribution < -0.4 is 16.0 Å². The highest BCUT2D eigenvalue weighted by atomic mass is 16.4. The Morgan fingerprint density at radius 2 is 1.62 bits per heavy atom. The van der Waals surface area contributed by atoms with Gasteiger partial charge in [0.05, 0.1) is 13.1 Å². The summed E-state index contributed by atoms with van der Waals surface area (Å²) in [6, 6.07) is 7.71. The Balaban J connectivity index is 1.56. The van der Waals surface area contributed by atoms with Gasteiger partial charge in [0.15, 0.2) is 0 Å². The first-order valence-corrected chi connectivity index (χ1v) is 11.0. The molecule has 1 aliphatic heterocycles. The quantitative estimate of drug-likeness (QED) is 0.223. The van der Waals surface area contributed by atoms with E-state index in [1.165, 1.54) is 17.1 Å². The Bertz CT molecular complexity index is 904. The molecule has 1 aromatic rings. The Morgan fingerprint density at radius 3 is 2.26 bits per heavy atom. The van der Waals surface area contributed by atoms with Crippen molar-refractivity contribution in [2.75, 3.05) is 19.6 Å². The molecule has 2 atom stereocenters. The molecule has 11 nitrogen and oxygen atoms in total. The molecule has 0 spiro atoms. The van der Waals surface area contributed by atoms with Gasteiger partial charge in [-0.25, -0.2) is 4.79 Å². The molecule has 0 saturated carbocycles. The molecule has 184 valence electrons. The van der Waals surface area contributed by atoms with E-state index in [4.69, 9.17) is 0 Å². The summed E-state index contributed by atoms with van der Waals surface area (Å²) in [4.78, 5) is 59.9. The van der Waals surface area contributed by atoms with Crippen LogP contribution >= 0.6 is 0 Å². The number of rotatable bonds is 14. The molecule has 0 fully saturated rings. The van der Waals surface area contributed by atoms with Crippen LogP contribution in [0.3, 0.4) is 0 Å². The molecule has 1 unspecified atom stereocenters. The number of amides is 4. The summed E-state index contributed by atoms with van der Waals surface area (Å²) in [6.45, 7) is -0.324. The second kappa shape index (κ2) is 13.7. The van der Waals surface area contributed by atoms with E-state index in [1.807, 2.05) is 0 Å². The Morgan fingerprint density at radius 1 is 0.941 bits per heavy atom. The molecular formula is C23H30N4O7. The summed E-state index contributed by atoms with van der Waals surface area (Å²) in [5.41, 5.74) is 0.751. The lowest BCUT2D eigenvalue weighted by Gasteiger charge is -2.20. The van der Waals surface area contributed by atoms with Gasteiger partial charge in [-0.15, -0.1) is 0 Å². The number of nitrogens with zero attached hydrogens (tertiary/aromatic N) is 1. The molecule has 2 rings (SSSR count). The van der Waals surface area contributed by atoms with Crippen molar-refractivity contribution >= 4 is 29.6 Å². The molecule has 0 saturated heterocycles. The van der Waals surface area contributed by atoms with Crippen molar-refractivity contribution in [3.63, 3.8) is 0 Å². The Kier molecular flexibility index (Phi) is 10.7. The van der Waals surface area contributed by atoms with E-state index in [1.54, 1.807) is 30.3 Å². The zero-order chi connectivity index (χ0) is 24.9. The molecule has 11 heteroatoms. The minimum atomic E-state index is -1.18. The average Bonchev–Trinajstić information content (AvgIpc) is 3.13. The number of carbonyl (C=O) groups excluding carboxylic acids is 4. The molecule has 1 aromatic carbocycles. The van der Waals surface area contributed by atoms with E-state index >= 15 is 0 Å². The first-order chi connectivity index (χ1) is 16.3. The van der Waals surface area contributed by atoms with Gasteiger partial charge in [-0.05, 0) is 24.5 Å². The summed E-state index contributed by atoms with van der Waals surface area (Å²) < 4.78 is 0. The highest BCUT2D eigenvalue weighted by molar-refractivity contribution is 5.90. The van der Waals surface area contributed by atoms with Crippen LogP contribution in [0.2, 0.25) is 0 Å². The van der Waals surface area contributed by atoms with Gasteiger partial charge in [-0.3, -0.25) is 19.2 Å². The maximum Gasteiger partial charge on any atom is 0.326 e. The van der Waals surface area contributed by atoms with Gasteiger partial charge in [-0.1, -0.05) is 36.8 Å². The predicted molar refractivity (Wildman–Crippen MR) is 121 cm³/mol. The zero-order valence-electron chi connectivity index (χ0n) is 18.7. The summed E-state index contributed by atoms with van der Waals surface area (Å²) in [5, 5.41) is 26.1. The van der Waals surface area contributed by atoms with Crippen molar-refractivity contribution in [3.8, 4) is 0 Å². The normalized spacial score (nSPS) is 15.6. The van der Waals surface area contributed by atoms with Crippen LogP contribution in [-0.2, 0) is 30.4 Å². The van der Waals surface area contributed by atoms with Gasteiger partial charge < -0.3 is 31.1 Å². The third-order valence-corrected chi connectivity index (χ3v) is 5.12. The van der Waals surface area contributed by atoms with Crippen molar-refractivity contribution in [3.05, 3.63) is 48.0 Å². The van der Waals surface area contributed by atoms with E-state index in [-0.39, 0.29) is 31.2 Å². The van der Waals surface area contributed by atoms with Gasteiger partial charge in [-0.2, -0.15) is 0 Å². The summed E-state index contributed by atoms with van der Waals surface area (Å²) in [6.07, 6.45) is 4.01. The van der Waals surface area contributed by atoms with Gasteiger partial charge in [0.1, 0.15) is 12.3 Å². The number of aliphatic carboxylic acids is 1. The lowest BCUT2D eigenvalue weighted by molar-refractivity contribution is -0.141. The van der Waals surface area contributed by atoms with Crippen LogP contribution in [0.4, 0.5) is 0 Å². The third kappa shape index (κ3) is 9.41. The van der Waals surface area contributed by atoms with Crippen LogP contribution in [0.25, 0.3) is 0 Å². The van der Waals surface area contributed by atoms with Gasteiger partial charge in [0.25, 0.3) is 0 Å². The first-order valence-electron chi connectivity index (χ1n) is 11.0. The predicted octanol–water partition coefficient (Wildman–Crippen LogP) is -0.692. The van der Waals surface area contributed by atoms with Crippen LogP contribution in [0.1, 0.15) is 31.2 Å². The number of carboxylic acids is 1. The van der Waals surface area contributed by atoms with Gasteiger partial charge in [0.2, 0.25) is 23.6 Å². The minimum Gasteiger partial charge on any atom is -0.480 e. The van der Waals surface area contributed by atoms with E-state index in [0.717, 1.165) is 5.56 Å². The molecule has 0 aromatic heterocycles. The minimum absolute atomic E-state index is 0.109. The van der Waals surface area contributed by atoms with Crippen molar-refractivity contribution < 1.29 is 34.2 Å². The molecule has 0 bridgehead atoms. The highest BCUT2D eigenvalue weighted by Crippen LogP contribution is 2.11. The number of hydrogen-bond acceptors (Lipinski definition) is 6. The summed E-state index contributed by atoms with van der Waals surface area (Å²) >= 11 is 0. The number of carbonyl (C=O) groups is 5. The number of unbranched alkanes of at least 4 members (excludes halogenated alkanes) is 2. The molecule has 5 N–H and O–H groups in total. The molecule has 34 heavy (non-hydrogen) atoms. The Hall–Kier alpha value is -3.73. The lowest BCUT2D eigenvalue weighted by atomic mass is 10.1. The molecule has 0 radical (unpaired) electrons. The van der Waals surface area contributed by atoms with Gasteiger partial charge >= 0.3 is 5.97 Å². The Labute approximate surface area is 197 Å². The second-order valence-electron chi connectivity index (χ2n) is 7.82. The average molecular weight is 475 g/mol. The van der Waals surface area contributed by atoms with Crippen LogP contribution in [0.15, 0.2) is 42.5 Å². The van der Waals surface area contributed by atoms with Crippen LogP contribution in [-0.4, -0.2) is 76.6 Å². The summed E-state index contributed by atoms with van der Waals surface area (Å²) in [5.74, 6) is -2.98. The fourth-order valence-electron chi connectivity index (χ4n) is 3.29. The lowest BCUT2D eigenvalue weighted by Crippen LogP contribution is -2.47. The zero-order valence-corrected chi connectivity index (χ0v) is 18.7. The van der Waals surface area contributed by atoms with E-state index in [2.05, 4.69) is 16.0 Å². The maximum absolute atomic E-state index is 12.0. The smallest absolute Gasteiger partial charge is 0.326 e. The first kappa shape index (κ1) is 26.5.